The molecule has 1 heterocycles. The van der Waals surface area contributed by atoms with Crippen LogP contribution in [0, 0.1) is 5.92 Å². The van der Waals surface area contributed by atoms with Gasteiger partial charge in [-0.25, -0.2) is 9.97 Å². The quantitative estimate of drug-likeness (QED) is 0.875. The molecule has 2 atom stereocenters. The highest BCUT2D eigenvalue weighted by molar-refractivity contribution is 5.50. The summed E-state index contributed by atoms with van der Waals surface area (Å²) in [4.78, 5) is 8.88. The highest BCUT2D eigenvalue weighted by Gasteiger charge is 2.35. The van der Waals surface area contributed by atoms with E-state index < -0.39 is 0 Å². The molecule has 4 heteroatoms. The number of nitrogens with zero attached hydrogens (tertiary/aromatic N) is 2. The normalized spacial score (nSPS) is 30.1. The van der Waals surface area contributed by atoms with Crippen LogP contribution in [0.2, 0.25) is 0 Å². The van der Waals surface area contributed by atoms with E-state index in [0.717, 1.165) is 37.4 Å². The number of rotatable bonds is 3. The zero-order chi connectivity index (χ0) is 13.3. The van der Waals surface area contributed by atoms with Crippen molar-refractivity contribution in [1.29, 1.82) is 0 Å². The van der Waals surface area contributed by atoms with Gasteiger partial charge in [-0.2, -0.15) is 0 Å². The fraction of sp³-hybridized carbons (Fsp3) is 0.733. The number of aryl methyl sites for hydroxylation is 1. The number of hydrogen-bond donors (Lipinski definition) is 2. The van der Waals surface area contributed by atoms with Crippen molar-refractivity contribution in [2.45, 2.75) is 57.4 Å². The van der Waals surface area contributed by atoms with E-state index in [1.54, 1.807) is 6.33 Å². The summed E-state index contributed by atoms with van der Waals surface area (Å²) in [5.41, 5.74) is 8.69. The summed E-state index contributed by atoms with van der Waals surface area (Å²) in [5, 5.41) is 3.70. The maximum Gasteiger partial charge on any atom is 0.133 e. The molecule has 0 bridgehead atoms. The molecular weight excluding hydrogens is 236 g/mol. The molecule has 0 amide bonds. The first-order chi connectivity index (χ1) is 9.22. The van der Waals surface area contributed by atoms with Crippen LogP contribution < -0.4 is 11.1 Å². The SMILES string of the molecule is CC1CCCC(CN)(Nc2ncnc3c2CCC3)C1. The van der Waals surface area contributed by atoms with E-state index in [2.05, 4.69) is 22.2 Å². The average Bonchev–Trinajstić information content (AvgIpc) is 2.88. The molecule has 0 radical (unpaired) electrons. The summed E-state index contributed by atoms with van der Waals surface area (Å²) in [6, 6.07) is 0. The highest BCUT2D eigenvalue weighted by Crippen LogP contribution is 2.36. The fourth-order valence-electron chi connectivity index (χ4n) is 3.73. The zero-order valence-corrected chi connectivity index (χ0v) is 11.8. The summed E-state index contributed by atoms with van der Waals surface area (Å²) in [6.07, 6.45) is 10.0. The van der Waals surface area contributed by atoms with Crippen molar-refractivity contribution in [3.63, 3.8) is 0 Å². The molecule has 2 unspecified atom stereocenters. The van der Waals surface area contributed by atoms with Gasteiger partial charge >= 0.3 is 0 Å². The number of nitrogens with one attached hydrogen (secondary N) is 1. The first-order valence-electron chi connectivity index (χ1n) is 7.53. The van der Waals surface area contributed by atoms with E-state index in [0.29, 0.717) is 6.54 Å². The molecule has 2 aliphatic carbocycles. The predicted molar refractivity (Wildman–Crippen MR) is 77.1 cm³/mol. The monoisotopic (exact) mass is 260 g/mol. The number of nitrogens with two attached hydrogens (primary N) is 1. The third kappa shape index (κ3) is 2.46. The van der Waals surface area contributed by atoms with E-state index in [1.807, 2.05) is 0 Å². The van der Waals surface area contributed by atoms with Crippen molar-refractivity contribution >= 4 is 5.82 Å². The largest absolute Gasteiger partial charge is 0.363 e. The van der Waals surface area contributed by atoms with Crippen molar-refractivity contribution in [2.75, 3.05) is 11.9 Å². The van der Waals surface area contributed by atoms with Gasteiger partial charge in [0.2, 0.25) is 0 Å². The maximum absolute atomic E-state index is 6.09. The molecule has 3 N–H and O–H groups in total. The van der Waals surface area contributed by atoms with E-state index in [1.165, 1.54) is 30.5 Å². The Bertz CT molecular complexity index is 459. The van der Waals surface area contributed by atoms with Crippen molar-refractivity contribution in [2.24, 2.45) is 11.7 Å². The zero-order valence-electron chi connectivity index (χ0n) is 11.8. The van der Waals surface area contributed by atoms with E-state index in [4.69, 9.17) is 5.73 Å². The summed E-state index contributed by atoms with van der Waals surface area (Å²) in [6.45, 7) is 3.02. The lowest BCUT2D eigenvalue weighted by Gasteiger charge is -2.40. The van der Waals surface area contributed by atoms with Gasteiger partial charge in [0.1, 0.15) is 12.1 Å². The Morgan fingerprint density at radius 3 is 3.05 bits per heavy atom. The van der Waals surface area contributed by atoms with Crippen molar-refractivity contribution < 1.29 is 0 Å². The Morgan fingerprint density at radius 2 is 2.26 bits per heavy atom. The number of aromatic nitrogens is 2. The minimum absolute atomic E-state index is 0.0440. The Hall–Kier alpha value is -1.16. The Morgan fingerprint density at radius 1 is 1.37 bits per heavy atom. The van der Waals surface area contributed by atoms with Crippen molar-refractivity contribution in [3.8, 4) is 0 Å². The minimum atomic E-state index is 0.0440. The smallest absolute Gasteiger partial charge is 0.133 e. The van der Waals surface area contributed by atoms with Gasteiger partial charge in [-0.15, -0.1) is 0 Å². The van der Waals surface area contributed by atoms with Crippen LogP contribution in [0.3, 0.4) is 0 Å². The van der Waals surface area contributed by atoms with Crippen LogP contribution in [-0.4, -0.2) is 22.1 Å². The second-order valence-corrected chi connectivity index (χ2v) is 6.31. The molecule has 0 saturated heterocycles. The van der Waals surface area contributed by atoms with Gasteiger partial charge in [0.05, 0.1) is 5.54 Å². The molecule has 1 aromatic heterocycles. The summed E-state index contributed by atoms with van der Waals surface area (Å²) in [5.74, 6) is 1.79. The van der Waals surface area contributed by atoms with Gasteiger partial charge in [0.25, 0.3) is 0 Å². The van der Waals surface area contributed by atoms with Crippen LogP contribution in [0.15, 0.2) is 6.33 Å². The standard InChI is InChI=1S/C15H24N4/c1-11-4-3-7-15(8-11,9-16)19-14-12-5-2-6-13(12)17-10-18-14/h10-11H,2-9,16H2,1H3,(H,17,18,19). The van der Waals surface area contributed by atoms with Gasteiger partial charge in [-0.05, 0) is 38.0 Å². The first kappa shape index (κ1) is 12.9. The van der Waals surface area contributed by atoms with Crippen LogP contribution in [0.1, 0.15) is 50.3 Å². The molecule has 0 aromatic carbocycles. The summed E-state index contributed by atoms with van der Waals surface area (Å²) >= 11 is 0. The number of fused-ring (bicyclic) bond motifs is 1. The van der Waals surface area contributed by atoms with Gasteiger partial charge < -0.3 is 11.1 Å². The van der Waals surface area contributed by atoms with Crippen molar-refractivity contribution in [3.05, 3.63) is 17.6 Å². The first-order valence-corrected chi connectivity index (χ1v) is 7.53. The molecule has 1 fully saturated rings. The summed E-state index contributed by atoms with van der Waals surface area (Å²) in [7, 11) is 0. The fourth-order valence-corrected chi connectivity index (χ4v) is 3.73. The third-order valence-electron chi connectivity index (χ3n) is 4.74. The van der Waals surface area contributed by atoms with Crippen LogP contribution in [0.4, 0.5) is 5.82 Å². The van der Waals surface area contributed by atoms with E-state index in [-0.39, 0.29) is 5.54 Å². The van der Waals surface area contributed by atoms with E-state index >= 15 is 0 Å². The molecular formula is C15H24N4. The molecule has 104 valence electrons. The summed E-state index contributed by atoms with van der Waals surface area (Å²) < 4.78 is 0. The highest BCUT2D eigenvalue weighted by atomic mass is 15.1. The molecule has 3 rings (SSSR count). The average molecular weight is 260 g/mol. The van der Waals surface area contributed by atoms with Crippen LogP contribution in [0.25, 0.3) is 0 Å². The molecule has 0 aliphatic heterocycles. The number of hydrogen-bond acceptors (Lipinski definition) is 4. The minimum Gasteiger partial charge on any atom is -0.363 e. The lowest BCUT2D eigenvalue weighted by Crippen LogP contribution is -2.49. The van der Waals surface area contributed by atoms with Gasteiger partial charge in [0, 0.05) is 17.8 Å². The van der Waals surface area contributed by atoms with Crippen LogP contribution in [-0.2, 0) is 12.8 Å². The lowest BCUT2D eigenvalue weighted by molar-refractivity contribution is 0.263. The van der Waals surface area contributed by atoms with Gasteiger partial charge in [0.15, 0.2) is 0 Å². The molecule has 4 nitrogen and oxygen atoms in total. The molecule has 1 aromatic rings. The predicted octanol–water partition coefficient (Wildman–Crippen LogP) is 2.28. The van der Waals surface area contributed by atoms with Gasteiger partial charge in [-0.3, -0.25) is 0 Å². The van der Waals surface area contributed by atoms with Crippen LogP contribution >= 0.6 is 0 Å². The molecule has 2 aliphatic rings. The van der Waals surface area contributed by atoms with Gasteiger partial charge in [-0.1, -0.05) is 19.8 Å². The maximum atomic E-state index is 6.09. The van der Waals surface area contributed by atoms with Crippen LogP contribution in [0.5, 0.6) is 0 Å². The Kier molecular flexibility index (Phi) is 3.44. The third-order valence-corrected chi connectivity index (χ3v) is 4.74. The second kappa shape index (κ2) is 5.08. The van der Waals surface area contributed by atoms with Crippen molar-refractivity contribution in [1.82, 2.24) is 9.97 Å². The Labute approximate surface area is 115 Å². The topological polar surface area (TPSA) is 63.8 Å². The molecule has 1 saturated carbocycles. The molecule has 0 spiro atoms. The molecule has 19 heavy (non-hydrogen) atoms. The second-order valence-electron chi connectivity index (χ2n) is 6.31. The lowest BCUT2D eigenvalue weighted by atomic mass is 9.76. The Balaban J connectivity index is 1.85. The number of anilines is 1. The van der Waals surface area contributed by atoms with E-state index in [9.17, 15) is 0 Å².